The maximum Gasteiger partial charge on any atom is 0.416 e. The molecule has 102 valence electrons. The van der Waals surface area contributed by atoms with Crippen LogP contribution in [0.1, 0.15) is 13.8 Å². The molecule has 1 saturated heterocycles. The number of nitrogens with zero attached hydrogens (tertiary/aromatic N) is 1. The lowest BCUT2D eigenvalue weighted by Crippen LogP contribution is -2.43. The van der Waals surface area contributed by atoms with E-state index in [0.29, 0.717) is 18.8 Å². The summed E-state index contributed by atoms with van der Waals surface area (Å²) in [6.07, 6.45) is -0.896. The van der Waals surface area contributed by atoms with E-state index < -0.39 is 11.7 Å². The minimum absolute atomic E-state index is 0.197. The summed E-state index contributed by atoms with van der Waals surface area (Å²) in [6, 6.07) is 0. The Balaban J connectivity index is 3.04. The van der Waals surface area contributed by atoms with Crippen molar-refractivity contribution in [2.24, 2.45) is 0 Å². The average molecular weight is 260 g/mol. The second-order valence-electron chi connectivity index (χ2n) is 4.22. The first-order valence-electron chi connectivity index (χ1n) is 5.93. The van der Waals surface area contributed by atoms with Crippen LogP contribution in [0.15, 0.2) is 35.6 Å². The van der Waals surface area contributed by atoms with Gasteiger partial charge in [0.2, 0.25) is 0 Å². The lowest BCUT2D eigenvalue weighted by atomic mass is 10.0. The molecule has 0 aliphatic carbocycles. The Morgan fingerprint density at radius 3 is 2.28 bits per heavy atom. The summed E-state index contributed by atoms with van der Waals surface area (Å²) < 4.78 is 38.0. The number of halogens is 3. The van der Waals surface area contributed by atoms with Crippen molar-refractivity contribution in [3.63, 3.8) is 0 Å². The highest BCUT2D eigenvalue weighted by Gasteiger charge is 2.34. The number of rotatable bonds is 3. The monoisotopic (exact) mass is 260 g/mol. The predicted molar refractivity (Wildman–Crippen MR) is 67.2 cm³/mol. The number of piperazine rings is 1. The number of hydrogen-bond acceptors (Lipinski definition) is 2. The van der Waals surface area contributed by atoms with Crippen LogP contribution in [0.25, 0.3) is 0 Å². The van der Waals surface area contributed by atoms with Gasteiger partial charge in [-0.1, -0.05) is 12.7 Å². The van der Waals surface area contributed by atoms with Crippen LogP contribution in [0.5, 0.6) is 0 Å². The number of allylic oxidation sites excluding steroid dienone is 4. The minimum atomic E-state index is -4.37. The van der Waals surface area contributed by atoms with Crippen molar-refractivity contribution in [3.8, 4) is 0 Å². The van der Waals surface area contributed by atoms with Crippen LogP contribution in [0.3, 0.4) is 0 Å². The molecule has 0 aromatic carbocycles. The van der Waals surface area contributed by atoms with Crippen LogP contribution in [-0.4, -0.2) is 37.3 Å². The molecule has 1 aliphatic rings. The smallest absolute Gasteiger partial charge is 0.369 e. The van der Waals surface area contributed by atoms with Gasteiger partial charge in [0.05, 0.1) is 5.57 Å². The van der Waals surface area contributed by atoms with Crippen molar-refractivity contribution in [3.05, 3.63) is 35.6 Å². The van der Waals surface area contributed by atoms with E-state index in [-0.39, 0.29) is 5.57 Å². The molecule has 0 radical (unpaired) electrons. The Labute approximate surface area is 106 Å². The zero-order valence-electron chi connectivity index (χ0n) is 10.8. The molecule has 2 nitrogen and oxygen atoms in total. The van der Waals surface area contributed by atoms with Gasteiger partial charge in [-0.15, -0.1) is 0 Å². The summed E-state index contributed by atoms with van der Waals surface area (Å²) in [5, 5.41) is 3.18. The SMILES string of the molecule is C=C(/C(C)=C(\C=C/C)N1CCNCC1)C(F)(F)F. The highest BCUT2D eigenvalue weighted by molar-refractivity contribution is 5.39. The van der Waals surface area contributed by atoms with Crippen LogP contribution in [0.4, 0.5) is 13.2 Å². The molecule has 0 bridgehead atoms. The molecule has 1 heterocycles. The molecule has 1 aliphatic heterocycles. The summed E-state index contributed by atoms with van der Waals surface area (Å²) in [4.78, 5) is 1.96. The molecule has 1 fully saturated rings. The van der Waals surface area contributed by atoms with E-state index >= 15 is 0 Å². The first-order chi connectivity index (χ1) is 8.38. The first-order valence-corrected chi connectivity index (χ1v) is 5.93. The van der Waals surface area contributed by atoms with Crippen molar-refractivity contribution in [2.45, 2.75) is 20.0 Å². The average Bonchev–Trinajstić information content (AvgIpc) is 2.34. The molecule has 1 rings (SSSR count). The topological polar surface area (TPSA) is 15.3 Å². The molecule has 0 spiro atoms. The standard InChI is InChI=1S/C13H19F3N2/c1-4-5-12(18-8-6-17-7-9-18)10(2)11(3)13(14,15)16/h4-5,17H,3,6-9H2,1-2H3/b5-4-,12-10+. The predicted octanol–water partition coefficient (Wildman–Crippen LogP) is 2.86. The normalized spacial score (nSPS) is 19.1. The van der Waals surface area contributed by atoms with E-state index in [4.69, 9.17) is 0 Å². The van der Waals surface area contributed by atoms with Crippen molar-refractivity contribution in [1.82, 2.24) is 10.2 Å². The highest BCUT2D eigenvalue weighted by atomic mass is 19.4. The van der Waals surface area contributed by atoms with Gasteiger partial charge in [-0.05, 0) is 25.5 Å². The van der Waals surface area contributed by atoms with Crippen molar-refractivity contribution < 1.29 is 13.2 Å². The van der Waals surface area contributed by atoms with Crippen molar-refractivity contribution in [2.75, 3.05) is 26.2 Å². The quantitative estimate of drug-likeness (QED) is 0.785. The van der Waals surface area contributed by atoms with Gasteiger partial charge in [-0.3, -0.25) is 0 Å². The van der Waals surface area contributed by atoms with Gasteiger partial charge in [0.1, 0.15) is 0 Å². The lowest BCUT2D eigenvalue weighted by Gasteiger charge is -2.32. The van der Waals surface area contributed by atoms with Gasteiger partial charge in [-0.2, -0.15) is 13.2 Å². The van der Waals surface area contributed by atoms with Gasteiger partial charge in [0.25, 0.3) is 0 Å². The third kappa shape index (κ3) is 3.63. The summed E-state index contributed by atoms with van der Waals surface area (Å²) in [5.74, 6) is 0. The molecule has 0 aromatic heterocycles. The molecule has 0 amide bonds. The van der Waals surface area contributed by atoms with Crippen LogP contribution in [0.2, 0.25) is 0 Å². The lowest BCUT2D eigenvalue weighted by molar-refractivity contribution is -0.0891. The summed E-state index contributed by atoms with van der Waals surface area (Å²) in [7, 11) is 0. The van der Waals surface area contributed by atoms with Crippen LogP contribution >= 0.6 is 0 Å². The van der Waals surface area contributed by atoms with E-state index in [0.717, 1.165) is 13.1 Å². The van der Waals surface area contributed by atoms with Crippen molar-refractivity contribution >= 4 is 0 Å². The Kier molecular flexibility index (Phi) is 5.02. The Morgan fingerprint density at radius 2 is 1.83 bits per heavy atom. The second-order valence-corrected chi connectivity index (χ2v) is 4.22. The Bertz CT molecular complexity index is 361. The van der Waals surface area contributed by atoms with Gasteiger partial charge >= 0.3 is 6.18 Å². The minimum Gasteiger partial charge on any atom is -0.369 e. The summed E-state index contributed by atoms with van der Waals surface area (Å²) in [6.45, 7) is 9.43. The molecule has 0 atom stereocenters. The Morgan fingerprint density at radius 1 is 1.28 bits per heavy atom. The van der Waals surface area contributed by atoms with E-state index in [1.165, 1.54) is 6.92 Å². The van der Waals surface area contributed by atoms with Crippen LogP contribution in [-0.2, 0) is 0 Å². The molecule has 1 N–H and O–H groups in total. The zero-order chi connectivity index (χ0) is 13.8. The summed E-state index contributed by atoms with van der Waals surface area (Å²) >= 11 is 0. The van der Waals surface area contributed by atoms with E-state index in [1.807, 2.05) is 4.90 Å². The molecule has 0 unspecified atom stereocenters. The molecule has 5 heteroatoms. The van der Waals surface area contributed by atoms with Gasteiger partial charge in [0.15, 0.2) is 0 Å². The van der Waals surface area contributed by atoms with Gasteiger partial charge in [-0.25, -0.2) is 0 Å². The molecule has 18 heavy (non-hydrogen) atoms. The fourth-order valence-electron chi connectivity index (χ4n) is 1.90. The first kappa shape index (κ1) is 14.8. The Hall–Kier alpha value is -1.23. The fourth-order valence-corrected chi connectivity index (χ4v) is 1.90. The highest BCUT2D eigenvalue weighted by Crippen LogP contribution is 2.32. The molecule has 0 aromatic rings. The molecular formula is C13H19F3N2. The van der Waals surface area contributed by atoms with Crippen molar-refractivity contribution in [1.29, 1.82) is 0 Å². The fraction of sp³-hybridized carbons (Fsp3) is 0.538. The number of nitrogens with one attached hydrogen (secondary N) is 1. The maximum absolute atomic E-state index is 12.7. The van der Waals surface area contributed by atoms with Gasteiger partial charge < -0.3 is 10.2 Å². The molecular weight excluding hydrogens is 241 g/mol. The van der Waals surface area contributed by atoms with Crippen LogP contribution in [0, 0.1) is 0 Å². The summed E-state index contributed by atoms with van der Waals surface area (Å²) in [5.41, 5.74) is 0.0398. The number of hydrogen-bond donors (Lipinski definition) is 1. The maximum atomic E-state index is 12.7. The third-order valence-corrected chi connectivity index (χ3v) is 2.96. The second kappa shape index (κ2) is 6.09. The molecule has 0 saturated carbocycles. The number of alkyl halides is 3. The van der Waals surface area contributed by atoms with E-state index in [1.54, 1.807) is 19.1 Å². The zero-order valence-corrected chi connectivity index (χ0v) is 10.8. The van der Waals surface area contributed by atoms with E-state index in [2.05, 4.69) is 11.9 Å². The van der Waals surface area contributed by atoms with Gasteiger partial charge in [0, 0.05) is 31.9 Å². The largest absolute Gasteiger partial charge is 0.416 e. The van der Waals surface area contributed by atoms with Crippen LogP contribution < -0.4 is 5.32 Å². The third-order valence-electron chi connectivity index (χ3n) is 2.96. The van der Waals surface area contributed by atoms with E-state index in [9.17, 15) is 13.2 Å².